The van der Waals surface area contributed by atoms with Gasteiger partial charge in [0.25, 0.3) is 0 Å². The van der Waals surface area contributed by atoms with Crippen LogP contribution >= 0.6 is 0 Å². The zero-order chi connectivity index (χ0) is 24.6. The average Bonchev–Trinajstić information content (AvgIpc) is 3.54. The van der Waals surface area contributed by atoms with E-state index in [1.165, 1.54) is 50.1 Å². The molecule has 0 bridgehead atoms. The number of nitrogens with one attached hydrogen (secondary N) is 2. The first kappa shape index (κ1) is 21.6. The summed E-state index contributed by atoms with van der Waals surface area (Å²) < 4.78 is 0. The Labute approximate surface area is 211 Å². The Morgan fingerprint density at radius 2 is 1.33 bits per heavy atom. The monoisotopic (exact) mass is 473 g/mol. The van der Waals surface area contributed by atoms with Crippen molar-refractivity contribution in [1.82, 2.24) is 19.9 Å². The Hall–Kier alpha value is -3.70. The lowest BCUT2D eigenvalue weighted by Gasteiger charge is -2.30. The molecule has 2 aliphatic rings. The molecular formula is C31H31N5. The lowest BCUT2D eigenvalue weighted by molar-refractivity contribution is 0.756. The number of imidazole rings is 2. The molecular weight excluding hydrogens is 442 g/mol. The van der Waals surface area contributed by atoms with E-state index in [9.17, 15) is 0 Å². The zero-order valence-electron chi connectivity index (χ0n) is 21.1. The number of aromatic amines is 2. The Bertz CT molecular complexity index is 1600. The highest BCUT2D eigenvalue weighted by molar-refractivity contribution is 5.87. The molecule has 3 aromatic carbocycles. The van der Waals surface area contributed by atoms with Gasteiger partial charge in [0.2, 0.25) is 0 Å². The number of H-pyrrole nitrogens is 2. The Morgan fingerprint density at radius 3 is 1.89 bits per heavy atom. The molecule has 0 saturated heterocycles. The molecule has 1 atom stereocenters. The van der Waals surface area contributed by atoms with Crippen molar-refractivity contribution in [3.8, 4) is 33.5 Å². The molecule has 0 aliphatic heterocycles. The van der Waals surface area contributed by atoms with Gasteiger partial charge in [0, 0.05) is 11.5 Å². The summed E-state index contributed by atoms with van der Waals surface area (Å²) >= 11 is 0. The van der Waals surface area contributed by atoms with Gasteiger partial charge in [-0.05, 0) is 101 Å². The van der Waals surface area contributed by atoms with Gasteiger partial charge in [0.15, 0.2) is 0 Å². The molecule has 0 amide bonds. The molecule has 7 rings (SSSR count). The molecule has 5 heteroatoms. The minimum absolute atomic E-state index is 0.0930. The summed E-state index contributed by atoms with van der Waals surface area (Å²) in [5.41, 5.74) is 21.9. The second kappa shape index (κ2) is 7.90. The number of hydrogen-bond acceptors (Lipinski definition) is 3. The first-order valence-corrected chi connectivity index (χ1v) is 13.1. The Morgan fingerprint density at radius 1 is 0.722 bits per heavy atom. The predicted octanol–water partition coefficient (Wildman–Crippen LogP) is 6.63. The van der Waals surface area contributed by atoms with Crippen LogP contribution in [0.1, 0.15) is 66.6 Å². The van der Waals surface area contributed by atoms with Crippen LogP contribution in [0.3, 0.4) is 0 Å². The van der Waals surface area contributed by atoms with Gasteiger partial charge in [-0.2, -0.15) is 0 Å². The van der Waals surface area contributed by atoms with Crippen LogP contribution in [0.4, 0.5) is 0 Å². The lowest BCUT2D eigenvalue weighted by atomic mass is 9.74. The molecule has 180 valence electrons. The highest BCUT2D eigenvalue weighted by Crippen LogP contribution is 2.45. The lowest BCUT2D eigenvalue weighted by Crippen LogP contribution is -2.14. The van der Waals surface area contributed by atoms with E-state index in [0.29, 0.717) is 5.92 Å². The molecule has 0 saturated carbocycles. The van der Waals surface area contributed by atoms with Crippen LogP contribution in [-0.4, -0.2) is 19.9 Å². The van der Waals surface area contributed by atoms with Gasteiger partial charge >= 0.3 is 0 Å². The quantitative estimate of drug-likeness (QED) is 0.274. The van der Waals surface area contributed by atoms with E-state index in [1.807, 2.05) is 13.1 Å². The summed E-state index contributed by atoms with van der Waals surface area (Å²) in [7, 11) is 0. The van der Waals surface area contributed by atoms with E-state index in [1.54, 1.807) is 0 Å². The SMILES string of the molecule is CC(C)c1nc2ccc(-c3cc4c5c(c3)CCc3cc(-c6cnc(C(C)N)[nH]6)cc(c3-5)CC4)cc2[nH]1. The highest BCUT2D eigenvalue weighted by atomic mass is 15.0. The van der Waals surface area contributed by atoms with Gasteiger partial charge in [-0.25, -0.2) is 9.97 Å². The van der Waals surface area contributed by atoms with E-state index in [0.717, 1.165) is 54.1 Å². The molecule has 0 spiro atoms. The summed E-state index contributed by atoms with van der Waals surface area (Å²) in [5, 5.41) is 0. The number of fused-ring (bicyclic) bond motifs is 1. The van der Waals surface area contributed by atoms with E-state index in [-0.39, 0.29) is 6.04 Å². The fourth-order valence-electron chi connectivity index (χ4n) is 6.02. The largest absolute Gasteiger partial charge is 0.342 e. The molecule has 5 aromatic rings. The van der Waals surface area contributed by atoms with Gasteiger partial charge in [0.05, 0.1) is 29.0 Å². The van der Waals surface area contributed by atoms with Gasteiger partial charge in [-0.1, -0.05) is 32.0 Å². The second-order valence-corrected chi connectivity index (χ2v) is 10.8. The molecule has 1 unspecified atom stereocenters. The number of nitrogens with zero attached hydrogens (tertiary/aromatic N) is 2. The van der Waals surface area contributed by atoms with Crippen molar-refractivity contribution < 1.29 is 0 Å². The topological polar surface area (TPSA) is 83.4 Å². The number of nitrogens with two attached hydrogens (primary N) is 1. The molecule has 2 heterocycles. The number of rotatable bonds is 4. The maximum Gasteiger partial charge on any atom is 0.123 e. The Balaban J connectivity index is 1.30. The zero-order valence-corrected chi connectivity index (χ0v) is 21.1. The fraction of sp³-hybridized carbons (Fsp3) is 0.290. The molecule has 5 nitrogen and oxygen atoms in total. The van der Waals surface area contributed by atoms with E-state index >= 15 is 0 Å². The maximum absolute atomic E-state index is 6.03. The smallest absolute Gasteiger partial charge is 0.123 e. The summed E-state index contributed by atoms with van der Waals surface area (Å²) in [6, 6.07) is 16.1. The van der Waals surface area contributed by atoms with Gasteiger partial charge in [-0.3, -0.25) is 0 Å². The summed E-state index contributed by atoms with van der Waals surface area (Å²) in [6.45, 7) is 6.31. The minimum atomic E-state index is -0.0930. The Kier molecular flexibility index (Phi) is 4.74. The molecule has 2 aliphatic carbocycles. The number of aryl methyl sites for hydroxylation is 4. The van der Waals surface area contributed by atoms with Crippen LogP contribution < -0.4 is 5.73 Å². The van der Waals surface area contributed by atoms with Crippen molar-refractivity contribution >= 4 is 11.0 Å². The van der Waals surface area contributed by atoms with Gasteiger partial charge < -0.3 is 15.7 Å². The first-order chi connectivity index (χ1) is 17.4. The average molecular weight is 474 g/mol. The molecule has 2 aromatic heterocycles. The van der Waals surface area contributed by atoms with Crippen molar-refractivity contribution in [1.29, 1.82) is 0 Å². The molecule has 36 heavy (non-hydrogen) atoms. The maximum atomic E-state index is 6.03. The number of benzene rings is 3. The first-order valence-electron chi connectivity index (χ1n) is 13.1. The van der Waals surface area contributed by atoms with Crippen molar-refractivity contribution in [3.05, 3.63) is 82.6 Å². The van der Waals surface area contributed by atoms with E-state index < -0.39 is 0 Å². The third-order valence-electron chi connectivity index (χ3n) is 7.90. The van der Waals surface area contributed by atoms with Crippen molar-refractivity contribution in [2.24, 2.45) is 5.73 Å². The molecule has 4 N–H and O–H groups in total. The van der Waals surface area contributed by atoms with Crippen LogP contribution in [0.15, 0.2) is 48.7 Å². The van der Waals surface area contributed by atoms with Crippen molar-refractivity contribution in [2.75, 3.05) is 0 Å². The van der Waals surface area contributed by atoms with Gasteiger partial charge in [0.1, 0.15) is 11.6 Å². The minimum Gasteiger partial charge on any atom is -0.342 e. The van der Waals surface area contributed by atoms with Crippen LogP contribution in [0, 0.1) is 0 Å². The standard InChI is InChI=1S/C31H31N5/c1-16(2)30-34-25-9-8-18(14-26(25)35-30)23-10-19-4-6-21-12-24(27-15-33-31(36-27)17(3)32)13-22-7-5-20(11-23)28(19)29(21)22/h8-17H,4-7,32H2,1-3H3,(H,33,36)(H,34,35). The van der Waals surface area contributed by atoms with Crippen LogP contribution in [0.25, 0.3) is 44.5 Å². The third kappa shape index (κ3) is 3.34. The summed E-state index contributed by atoms with van der Waals surface area (Å²) in [6.07, 6.45) is 6.20. The van der Waals surface area contributed by atoms with Crippen molar-refractivity contribution in [3.63, 3.8) is 0 Å². The molecule has 0 radical (unpaired) electrons. The van der Waals surface area contributed by atoms with Crippen LogP contribution in [0.2, 0.25) is 0 Å². The second-order valence-electron chi connectivity index (χ2n) is 10.8. The van der Waals surface area contributed by atoms with E-state index in [2.05, 4.69) is 71.3 Å². The normalized spacial score (nSPS) is 14.9. The molecule has 0 fully saturated rings. The van der Waals surface area contributed by atoms with Crippen LogP contribution in [-0.2, 0) is 25.7 Å². The van der Waals surface area contributed by atoms with E-state index in [4.69, 9.17) is 10.7 Å². The summed E-state index contributed by atoms with van der Waals surface area (Å²) in [4.78, 5) is 16.2. The third-order valence-corrected chi connectivity index (χ3v) is 7.90. The summed E-state index contributed by atoms with van der Waals surface area (Å²) in [5.74, 6) is 2.28. The van der Waals surface area contributed by atoms with Crippen molar-refractivity contribution in [2.45, 2.75) is 58.4 Å². The van der Waals surface area contributed by atoms with Gasteiger partial charge in [-0.15, -0.1) is 0 Å². The fourth-order valence-corrected chi connectivity index (χ4v) is 6.02. The number of aromatic nitrogens is 4. The van der Waals surface area contributed by atoms with Crippen LogP contribution in [0.5, 0.6) is 0 Å². The highest BCUT2D eigenvalue weighted by Gasteiger charge is 2.27. The number of hydrogen-bond donors (Lipinski definition) is 3. The predicted molar refractivity (Wildman–Crippen MR) is 146 cm³/mol.